The molecule has 1 aromatic rings. The van der Waals surface area contributed by atoms with E-state index in [-0.39, 0.29) is 5.75 Å². The number of esters is 1. The van der Waals surface area contributed by atoms with E-state index in [0.717, 1.165) is 5.56 Å². The SMILES string of the molecule is COc1cc(C=CC(=O)OC(C)(C)C)ccc1O. The summed E-state index contributed by atoms with van der Waals surface area (Å²) in [4.78, 5) is 11.5. The largest absolute Gasteiger partial charge is 0.504 e. The summed E-state index contributed by atoms with van der Waals surface area (Å²) < 4.78 is 10.1. The van der Waals surface area contributed by atoms with Gasteiger partial charge in [0, 0.05) is 6.08 Å². The first-order valence-corrected chi connectivity index (χ1v) is 5.60. The van der Waals surface area contributed by atoms with Gasteiger partial charge in [-0.1, -0.05) is 6.07 Å². The highest BCUT2D eigenvalue weighted by atomic mass is 16.6. The van der Waals surface area contributed by atoms with E-state index >= 15 is 0 Å². The molecular weight excluding hydrogens is 232 g/mol. The van der Waals surface area contributed by atoms with Gasteiger partial charge >= 0.3 is 5.97 Å². The molecule has 1 aromatic carbocycles. The summed E-state index contributed by atoms with van der Waals surface area (Å²) in [6, 6.07) is 4.82. The van der Waals surface area contributed by atoms with E-state index in [2.05, 4.69) is 0 Å². The maximum absolute atomic E-state index is 11.5. The predicted octanol–water partition coefficient (Wildman–Crippen LogP) is 2.76. The second-order valence-corrected chi connectivity index (χ2v) is 4.80. The summed E-state index contributed by atoms with van der Waals surface area (Å²) in [5.74, 6) is 0.0165. The van der Waals surface area contributed by atoms with Crippen LogP contribution in [0.4, 0.5) is 0 Å². The summed E-state index contributed by atoms with van der Waals surface area (Å²) in [5.41, 5.74) is 0.240. The van der Waals surface area contributed by atoms with Crippen LogP contribution in [0.2, 0.25) is 0 Å². The monoisotopic (exact) mass is 250 g/mol. The number of hydrogen-bond acceptors (Lipinski definition) is 4. The standard InChI is InChI=1S/C14H18O4/c1-14(2,3)18-13(16)8-6-10-5-7-11(15)12(9-10)17-4/h5-9,15H,1-4H3. The molecule has 1 rings (SSSR count). The zero-order valence-electron chi connectivity index (χ0n) is 11.1. The topological polar surface area (TPSA) is 55.8 Å². The minimum Gasteiger partial charge on any atom is -0.504 e. The van der Waals surface area contributed by atoms with Gasteiger partial charge in [0.1, 0.15) is 5.60 Å². The van der Waals surface area contributed by atoms with Gasteiger partial charge in [-0.25, -0.2) is 4.79 Å². The van der Waals surface area contributed by atoms with E-state index < -0.39 is 11.6 Å². The van der Waals surface area contributed by atoms with Gasteiger partial charge in [0.05, 0.1) is 7.11 Å². The number of ether oxygens (including phenoxy) is 2. The zero-order chi connectivity index (χ0) is 13.8. The molecule has 0 aromatic heterocycles. The molecule has 0 aliphatic carbocycles. The Morgan fingerprint density at radius 3 is 2.56 bits per heavy atom. The molecule has 1 N–H and O–H groups in total. The highest BCUT2D eigenvalue weighted by molar-refractivity contribution is 5.87. The lowest BCUT2D eigenvalue weighted by atomic mass is 10.2. The first kappa shape index (κ1) is 14.1. The average molecular weight is 250 g/mol. The van der Waals surface area contributed by atoms with Gasteiger partial charge in [0.25, 0.3) is 0 Å². The van der Waals surface area contributed by atoms with Crippen LogP contribution < -0.4 is 4.74 Å². The molecule has 0 saturated heterocycles. The van der Waals surface area contributed by atoms with Crippen molar-refractivity contribution in [2.24, 2.45) is 0 Å². The molecule has 0 unspecified atom stereocenters. The van der Waals surface area contributed by atoms with E-state index in [1.807, 2.05) is 20.8 Å². The highest BCUT2D eigenvalue weighted by Crippen LogP contribution is 2.26. The number of hydrogen-bond donors (Lipinski definition) is 1. The predicted molar refractivity (Wildman–Crippen MR) is 69.5 cm³/mol. The summed E-state index contributed by atoms with van der Waals surface area (Å²) in [6.07, 6.45) is 2.95. The molecule has 0 heterocycles. The Morgan fingerprint density at radius 2 is 2.00 bits per heavy atom. The number of rotatable bonds is 3. The highest BCUT2D eigenvalue weighted by Gasteiger charge is 2.13. The van der Waals surface area contributed by atoms with Crippen LogP contribution in [-0.2, 0) is 9.53 Å². The smallest absolute Gasteiger partial charge is 0.331 e. The Morgan fingerprint density at radius 1 is 1.33 bits per heavy atom. The molecule has 4 nitrogen and oxygen atoms in total. The third kappa shape index (κ3) is 4.49. The molecule has 0 spiro atoms. The van der Waals surface area contributed by atoms with Gasteiger partial charge in [0.2, 0.25) is 0 Å². The average Bonchev–Trinajstić information content (AvgIpc) is 2.25. The van der Waals surface area contributed by atoms with Crippen molar-refractivity contribution in [1.82, 2.24) is 0 Å². The van der Waals surface area contributed by atoms with Crippen molar-refractivity contribution in [3.8, 4) is 11.5 Å². The number of aromatic hydroxyl groups is 1. The molecule has 0 atom stereocenters. The van der Waals surface area contributed by atoms with E-state index in [4.69, 9.17) is 9.47 Å². The maximum atomic E-state index is 11.5. The molecule has 0 aliphatic heterocycles. The molecule has 18 heavy (non-hydrogen) atoms. The number of carbonyl (C=O) groups excluding carboxylic acids is 1. The van der Waals surface area contributed by atoms with Crippen molar-refractivity contribution in [3.63, 3.8) is 0 Å². The number of phenolic OH excluding ortho intramolecular Hbond substituents is 1. The van der Waals surface area contributed by atoms with Crippen LogP contribution in [0, 0.1) is 0 Å². The third-order valence-corrected chi connectivity index (χ3v) is 2.02. The summed E-state index contributed by atoms with van der Waals surface area (Å²) in [6.45, 7) is 5.42. The van der Waals surface area contributed by atoms with Gasteiger partial charge in [-0.15, -0.1) is 0 Å². The van der Waals surface area contributed by atoms with Gasteiger partial charge < -0.3 is 14.6 Å². The van der Waals surface area contributed by atoms with Crippen molar-refractivity contribution in [1.29, 1.82) is 0 Å². The van der Waals surface area contributed by atoms with Crippen molar-refractivity contribution >= 4 is 12.0 Å². The van der Waals surface area contributed by atoms with E-state index in [9.17, 15) is 9.90 Å². The second-order valence-electron chi connectivity index (χ2n) is 4.80. The molecule has 98 valence electrons. The quantitative estimate of drug-likeness (QED) is 0.662. The van der Waals surface area contributed by atoms with Crippen molar-refractivity contribution < 1.29 is 19.4 Å². The van der Waals surface area contributed by atoms with Crippen molar-refractivity contribution in [2.45, 2.75) is 26.4 Å². The number of phenols is 1. The van der Waals surface area contributed by atoms with Crippen molar-refractivity contribution in [3.05, 3.63) is 29.8 Å². The normalized spacial score (nSPS) is 11.6. The van der Waals surface area contributed by atoms with Crippen LogP contribution >= 0.6 is 0 Å². The number of carbonyl (C=O) groups is 1. The minimum atomic E-state index is -0.506. The third-order valence-electron chi connectivity index (χ3n) is 2.02. The van der Waals surface area contributed by atoms with E-state index in [1.54, 1.807) is 18.2 Å². The Labute approximate surface area is 107 Å². The lowest BCUT2D eigenvalue weighted by Crippen LogP contribution is -2.22. The van der Waals surface area contributed by atoms with Crippen LogP contribution in [0.25, 0.3) is 6.08 Å². The Kier molecular flexibility index (Phi) is 4.37. The Bertz CT molecular complexity index is 455. The van der Waals surface area contributed by atoms with E-state index in [0.29, 0.717) is 5.75 Å². The summed E-state index contributed by atoms with van der Waals surface area (Å²) >= 11 is 0. The van der Waals surface area contributed by atoms with Crippen molar-refractivity contribution in [2.75, 3.05) is 7.11 Å². The summed E-state index contributed by atoms with van der Waals surface area (Å²) in [5, 5.41) is 9.42. The number of methoxy groups -OCH3 is 1. The van der Waals surface area contributed by atoms with E-state index in [1.165, 1.54) is 19.3 Å². The zero-order valence-corrected chi connectivity index (χ0v) is 11.1. The molecule has 0 saturated carbocycles. The second kappa shape index (κ2) is 5.58. The molecule has 4 heteroatoms. The molecule has 0 radical (unpaired) electrons. The maximum Gasteiger partial charge on any atom is 0.331 e. The fraction of sp³-hybridized carbons (Fsp3) is 0.357. The van der Waals surface area contributed by atoms with Gasteiger partial charge in [-0.2, -0.15) is 0 Å². The molecule has 0 aliphatic rings. The van der Waals surface area contributed by atoms with Gasteiger partial charge in [0.15, 0.2) is 11.5 Å². The van der Waals surface area contributed by atoms with Gasteiger partial charge in [-0.3, -0.25) is 0 Å². The van der Waals surface area contributed by atoms with Crippen LogP contribution in [0.3, 0.4) is 0 Å². The fourth-order valence-electron chi connectivity index (χ4n) is 1.30. The first-order chi connectivity index (χ1) is 8.31. The Hall–Kier alpha value is -1.97. The minimum absolute atomic E-state index is 0.0620. The lowest BCUT2D eigenvalue weighted by Gasteiger charge is -2.17. The molecule has 0 bridgehead atoms. The van der Waals surface area contributed by atoms with Crippen LogP contribution in [0.15, 0.2) is 24.3 Å². The number of benzene rings is 1. The summed E-state index contributed by atoms with van der Waals surface area (Å²) in [7, 11) is 1.47. The van der Waals surface area contributed by atoms with Gasteiger partial charge in [-0.05, 0) is 44.5 Å². The molecule has 0 fully saturated rings. The molecule has 0 amide bonds. The van der Waals surface area contributed by atoms with Crippen LogP contribution in [0.5, 0.6) is 11.5 Å². The Balaban J connectivity index is 2.76. The van der Waals surface area contributed by atoms with Crippen LogP contribution in [-0.4, -0.2) is 23.8 Å². The fourth-order valence-corrected chi connectivity index (χ4v) is 1.30. The molecular formula is C14H18O4. The first-order valence-electron chi connectivity index (χ1n) is 5.60. The lowest BCUT2D eigenvalue weighted by molar-refractivity contribution is -0.148. The van der Waals surface area contributed by atoms with Crippen LogP contribution in [0.1, 0.15) is 26.3 Å².